The number of rotatable bonds is 1. The number of nitrogens with zero attached hydrogens (tertiary/aromatic N) is 2. The number of amides is 1. The fraction of sp³-hybridized carbons (Fsp3) is 0.818. The number of nitriles is 1. The smallest absolute Gasteiger partial charge is 0.221 e. The highest BCUT2D eigenvalue weighted by Gasteiger charge is 2.29. The quantitative estimate of drug-likeness (QED) is 0.681. The highest BCUT2D eigenvalue weighted by Crippen LogP contribution is 2.28. The molecule has 1 amide bonds. The van der Waals surface area contributed by atoms with E-state index in [0.29, 0.717) is 12.5 Å². The van der Waals surface area contributed by atoms with Gasteiger partial charge >= 0.3 is 0 Å². The Balaban J connectivity index is 1.88. The summed E-state index contributed by atoms with van der Waals surface area (Å²) in [4.78, 5) is 13.5. The molecule has 2 fully saturated rings. The molecule has 0 aromatic carbocycles. The van der Waals surface area contributed by atoms with Crippen LogP contribution in [-0.2, 0) is 4.79 Å². The van der Waals surface area contributed by atoms with Gasteiger partial charge in [-0.05, 0) is 19.3 Å². The van der Waals surface area contributed by atoms with Crippen LogP contribution in [0.5, 0.6) is 0 Å². The summed E-state index contributed by atoms with van der Waals surface area (Å²) in [7, 11) is 0. The number of nitrogens with one attached hydrogen (secondary N) is 1. The zero-order valence-electron chi connectivity index (χ0n) is 8.91. The first-order valence-electron chi connectivity index (χ1n) is 5.70. The molecule has 1 heterocycles. The first-order valence-corrected chi connectivity index (χ1v) is 5.70. The highest BCUT2D eigenvalue weighted by molar-refractivity contribution is 5.76. The van der Waals surface area contributed by atoms with E-state index in [4.69, 9.17) is 5.26 Å². The Kier molecular flexibility index (Phi) is 3.22. The Morgan fingerprint density at radius 1 is 1.40 bits per heavy atom. The van der Waals surface area contributed by atoms with Crippen molar-refractivity contribution in [2.45, 2.75) is 31.7 Å². The number of carbonyl (C=O) groups is 1. The van der Waals surface area contributed by atoms with Gasteiger partial charge in [0.1, 0.15) is 0 Å². The molecule has 1 aliphatic heterocycles. The van der Waals surface area contributed by atoms with Crippen molar-refractivity contribution in [2.75, 3.05) is 19.6 Å². The maximum absolute atomic E-state index is 11.2. The molecule has 0 radical (unpaired) electrons. The lowest BCUT2D eigenvalue weighted by Crippen LogP contribution is -2.36. The second-order valence-corrected chi connectivity index (χ2v) is 4.43. The first kappa shape index (κ1) is 10.4. The van der Waals surface area contributed by atoms with E-state index in [9.17, 15) is 4.79 Å². The molecule has 0 aromatic heterocycles. The zero-order chi connectivity index (χ0) is 10.7. The van der Waals surface area contributed by atoms with Crippen LogP contribution in [0.15, 0.2) is 0 Å². The fourth-order valence-electron chi connectivity index (χ4n) is 2.56. The molecule has 0 unspecified atom stereocenters. The van der Waals surface area contributed by atoms with Crippen LogP contribution in [0.3, 0.4) is 0 Å². The monoisotopic (exact) mass is 207 g/mol. The van der Waals surface area contributed by atoms with Gasteiger partial charge in [-0.15, -0.1) is 0 Å². The topological polar surface area (TPSA) is 56.1 Å². The van der Waals surface area contributed by atoms with Gasteiger partial charge in [0.25, 0.3) is 0 Å². The normalized spacial score (nSPS) is 33.1. The molecular formula is C11H17N3O. The molecule has 0 spiro atoms. The predicted molar refractivity (Wildman–Crippen MR) is 55.9 cm³/mol. The van der Waals surface area contributed by atoms with Crippen molar-refractivity contribution in [1.29, 1.82) is 5.26 Å². The SMILES string of the molecule is N#C[C@H]1CC[C@@H](N2CCNC(=O)CC2)C1. The minimum Gasteiger partial charge on any atom is -0.355 e. The van der Waals surface area contributed by atoms with E-state index < -0.39 is 0 Å². The third kappa shape index (κ3) is 2.48. The largest absolute Gasteiger partial charge is 0.355 e. The van der Waals surface area contributed by atoms with E-state index in [0.717, 1.165) is 38.9 Å². The molecule has 15 heavy (non-hydrogen) atoms. The number of hydrogen-bond acceptors (Lipinski definition) is 3. The molecule has 0 bridgehead atoms. The average Bonchev–Trinajstić information content (AvgIpc) is 2.62. The van der Waals surface area contributed by atoms with E-state index in [-0.39, 0.29) is 11.8 Å². The van der Waals surface area contributed by atoms with Gasteiger partial charge in [0.15, 0.2) is 0 Å². The molecule has 2 rings (SSSR count). The van der Waals surface area contributed by atoms with Gasteiger partial charge in [-0.25, -0.2) is 0 Å². The van der Waals surface area contributed by atoms with Crippen LogP contribution in [-0.4, -0.2) is 36.5 Å². The summed E-state index contributed by atoms with van der Waals surface area (Å²) in [5, 5.41) is 11.7. The second kappa shape index (κ2) is 4.63. The molecule has 82 valence electrons. The Bertz CT molecular complexity index is 284. The summed E-state index contributed by atoms with van der Waals surface area (Å²) in [6, 6.07) is 2.88. The lowest BCUT2D eigenvalue weighted by atomic mass is 10.1. The maximum Gasteiger partial charge on any atom is 0.221 e. The van der Waals surface area contributed by atoms with E-state index in [1.54, 1.807) is 0 Å². The summed E-state index contributed by atoms with van der Waals surface area (Å²) in [5.41, 5.74) is 0. The van der Waals surface area contributed by atoms with Gasteiger partial charge in [-0.1, -0.05) is 0 Å². The minimum absolute atomic E-state index is 0.160. The van der Waals surface area contributed by atoms with Crippen molar-refractivity contribution in [3.63, 3.8) is 0 Å². The van der Waals surface area contributed by atoms with Gasteiger partial charge in [0.2, 0.25) is 5.91 Å². The van der Waals surface area contributed by atoms with Crippen LogP contribution < -0.4 is 5.32 Å². The molecule has 0 aromatic rings. The van der Waals surface area contributed by atoms with E-state index in [1.807, 2.05) is 0 Å². The molecule has 1 saturated heterocycles. The lowest BCUT2D eigenvalue weighted by molar-refractivity contribution is -0.120. The number of carbonyl (C=O) groups excluding carboxylic acids is 1. The lowest BCUT2D eigenvalue weighted by Gasteiger charge is -2.26. The van der Waals surface area contributed by atoms with Gasteiger partial charge in [0.05, 0.1) is 6.07 Å². The van der Waals surface area contributed by atoms with Gasteiger partial charge in [-0.3, -0.25) is 9.69 Å². The van der Waals surface area contributed by atoms with Crippen molar-refractivity contribution < 1.29 is 4.79 Å². The number of hydrogen-bond donors (Lipinski definition) is 1. The van der Waals surface area contributed by atoms with E-state index >= 15 is 0 Å². The van der Waals surface area contributed by atoms with Crippen molar-refractivity contribution in [1.82, 2.24) is 10.2 Å². The molecule has 4 nitrogen and oxygen atoms in total. The van der Waals surface area contributed by atoms with Gasteiger partial charge in [-0.2, -0.15) is 5.26 Å². The molecule has 2 aliphatic rings. The highest BCUT2D eigenvalue weighted by atomic mass is 16.1. The van der Waals surface area contributed by atoms with Gasteiger partial charge in [0, 0.05) is 38.0 Å². The second-order valence-electron chi connectivity index (χ2n) is 4.43. The predicted octanol–water partition coefficient (Wildman–Crippen LogP) is 0.501. The Labute approximate surface area is 90.2 Å². The molecule has 2 atom stereocenters. The average molecular weight is 207 g/mol. The Hall–Kier alpha value is -1.08. The van der Waals surface area contributed by atoms with Crippen LogP contribution in [0, 0.1) is 17.2 Å². The molecule has 1 aliphatic carbocycles. The van der Waals surface area contributed by atoms with Crippen LogP contribution in [0.1, 0.15) is 25.7 Å². The molecule has 4 heteroatoms. The van der Waals surface area contributed by atoms with Crippen molar-refractivity contribution in [3.05, 3.63) is 0 Å². The Morgan fingerprint density at radius 2 is 2.27 bits per heavy atom. The summed E-state index contributed by atoms with van der Waals surface area (Å²) in [6.07, 6.45) is 3.74. The third-order valence-electron chi connectivity index (χ3n) is 3.45. The van der Waals surface area contributed by atoms with Crippen LogP contribution in [0.25, 0.3) is 0 Å². The van der Waals surface area contributed by atoms with Crippen LogP contribution >= 0.6 is 0 Å². The molecule has 1 saturated carbocycles. The Morgan fingerprint density at radius 3 is 3.00 bits per heavy atom. The minimum atomic E-state index is 0.160. The molecule has 1 N–H and O–H groups in total. The van der Waals surface area contributed by atoms with Crippen molar-refractivity contribution in [2.24, 2.45) is 5.92 Å². The summed E-state index contributed by atoms with van der Waals surface area (Å²) >= 11 is 0. The summed E-state index contributed by atoms with van der Waals surface area (Å²) < 4.78 is 0. The van der Waals surface area contributed by atoms with E-state index in [2.05, 4.69) is 16.3 Å². The van der Waals surface area contributed by atoms with Crippen molar-refractivity contribution >= 4 is 5.91 Å². The standard InChI is InChI=1S/C11H17N3O/c12-8-9-1-2-10(7-9)14-5-3-11(15)13-4-6-14/h9-10H,1-7H2,(H,13,15)/t9-,10+/m0/s1. The van der Waals surface area contributed by atoms with Crippen LogP contribution in [0.2, 0.25) is 0 Å². The molecular weight excluding hydrogens is 190 g/mol. The first-order chi connectivity index (χ1) is 7.29. The fourth-order valence-corrected chi connectivity index (χ4v) is 2.56. The van der Waals surface area contributed by atoms with Crippen molar-refractivity contribution in [3.8, 4) is 6.07 Å². The maximum atomic E-state index is 11.2. The summed E-state index contributed by atoms with van der Waals surface area (Å²) in [5.74, 6) is 0.397. The van der Waals surface area contributed by atoms with E-state index in [1.165, 1.54) is 0 Å². The zero-order valence-corrected chi connectivity index (χ0v) is 8.91. The van der Waals surface area contributed by atoms with Crippen LogP contribution in [0.4, 0.5) is 0 Å². The summed E-state index contributed by atoms with van der Waals surface area (Å²) in [6.45, 7) is 2.55. The van der Waals surface area contributed by atoms with Gasteiger partial charge < -0.3 is 5.32 Å². The third-order valence-corrected chi connectivity index (χ3v) is 3.45.